The van der Waals surface area contributed by atoms with Crippen molar-refractivity contribution in [2.75, 3.05) is 30.6 Å². The van der Waals surface area contributed by atoms with Gasteiger partial charge < -0.3 is 4.90 Å². The Morgan fingerprint density at radius 2 is 2.31 bits per heavy atom. The van der Waals surface area contributed by atoms with Gasteiger partial charge in [-0.05, 0) is 6.26 Å². The average Bonchev–Trinajstić information content (AvgIpc) is 2.18. The third kappa shape index (κ3) is 3.04. The lowest BCUT2D eigenvalue weighted by Gasteiger charge is -2.16. The number of rotatable bonds is 4. The molecule has 5 heteroatoms. The van der Waals surface area contributed by atoms with Gasteiger partial charge >= 0.3 is 0 Å². The Labute approximate surface area is 87.5 Å². The lowest BCUT2D eigenvalue weighted by Crippen LogP contribution is -2.20. The molecule has 0 atom stereocenters. The van der Waals surface area contributed by atoms with Crippen LogP contribution in [0.4, 0.5) is 5.82 Å². The Hall–Kier alpha value is -0.480. The predicted molar refractivity (Wildman–Crippen MR) is 57.8 cm³/mol. The van der Waals surface area contributed by atoms with E-state index in [0.717, 1.165) is 17.4 Å². The van der Waals surface area contributed by atoms with Crippen molar-refractivity contribution in [2.45, 2.75) is 5.03 Å². The molecule has 0 amide bonds. The second-order valence-electron chi connectivity index (χ2n) is 2.53. The van der Waals surface area contributed by atoms with E-state index in [0.29, 0.717) is 5.88 Å². The van der Waals surface area contributed by atoms with E-state index in [4.69, 9.17) is 11.6 Å². The third-order valence-corrected chi connectivity index (χ3v) is 2.46. The highest BCUT2D eigenvalue weighted by molar-refractivity contribution is 7.98. The number of nitrogens with zero attached hydrogens (tertiary/aromatic N) is 3. The molecule has 1 aromatic heterocycles. The van der Waals surface area contributed by atoms with Gasteiger partial charge in [-0.2, -0.15) is 0 Å². The molecule has 0 aliphatic rings. The molecule has 72 valence electrons. The van der Waals surface area contributed by atoms with Crippen LogP contribution >= 0.6 is 23.4 Å². The Balaban J connectivity index is 2.75. The minimum atomic E-state index is 0.606. The number of hydrogen-bond donors (Lipinski definition) is 0. The zero-order valence-corrected chi connectivity index (χ0v) is 9.27. The van der Waals surface area contributed by atoms with Gasteiger partial charge in [0.1, 0.15) is 17.2 Å². The summed E-state index contributed by atoms with van der Waals surface area (Å²) in [5.41, 5.74) is 0. The Bertz CT molecular complexity index is 269. The van der Waals surface area contributed by atoms with Gasteiger partial charge in [0.2, 0.25) is 0 Å². The van der Waals surface area contributed by atoms with Gasteiger partial charge in [-0.3, -0.25) is 0 Å². The molecule has 0 fully saturated rings. The van der Waals surface area contributed by atoms with Gasteiger partial charge in [0.25, 0.3) is 0 Å². The van der Waals surface area contributed by atoms with Crippen molar-refractivity contribution in [1.29, 1.82) is 0 Å². The van der Waals surface area contributed by atoms with Gasteiger partial charge in [-0.1, -0.05) is 0 Å². The van der Waals surface area contributed by atoms with E-state index < -0.39 is 0 Å². The molecular formula is C8H12ClN3S. The number of anilines is 1. The molecule has 0 spiro atoms. The Morgan fingerprint density at radius 1 is 1.54 bits per heavy atom. The molecule has 0 aromatic carbocycles. The summed E-state index contributed by atoms with van der Waals surface area (Å²) in [5, 5.41) is 0.978. The largest absolute Gasteiger partial charge is 0.358 e. The number of halogens is 1. The lowest BCUT2D eigenvalue weighted by molar-refractivity contribution is 0.914. The van der Waals surface area contributed by atoms with Crippen LogP contribution in [-0.4, -0.2) is 35.7 Å². The van der Waals surface area contributed by atoms with Crippen LogP contribution in [-0.2, 0) is 0 Å². The topological polar surface area (TPSA) is 29.0 Å². The van der Waals surface area contributed by atoms with Crippen molar-refractivity contribution in [1.82, 2.24) is 9.97 Å². The molecule has 13 heavy (non-hydrogen) atoms. The SMILES string of the molecule is CSc1cc(N(C)CCCl)ncn1. The summed E-state index contributed by atoms with van der Waals surface area (Å²) < 4.78 is 0. The molecule has 1 aromatic rings. The Kier molecular flexibility index (Phi) is 4.32. The fraction of sp³-hybridized carbons (Fsp3) is 0.500. The second-order valence-corrected chi connectivity index (χ2v) is 3.73. The normalized spacial score (nSPS) is 10.1. The minimum absolute atomic E-state index is 0.606. The molecule has 0 radical (unpaired) electrons. The second kappa shape index (κ2) is 5.29. The van der Waals surface area contributed by atoms with E-state index in [2.05, 4.69) is 9.97 Å². The van der Waals surface area contributed by atoms with E-state index in [1.807, 2.05) is 24.3 Å². The smallest absolute Gasteiger partial charge is 0.132 e. The van der Waals surface area contributed by atoms with Crippen molar-refractivity contribution in [2.24, 2.45) is 0 Å². The first-order chi connectivity index (χ1) is 6.27. The van der Waals surface area contributed by atoms with Crippen LogP contribution in [0.5, 0.6) is 0 Å². The van der Waals surface area contributed by atoms with Crippen LogP contribution in [0.3, 0.4) is 0 Å². The number of aromatic nitrogens is 2. The molecule has 0 aliphatic heterocycles. The van der Waals surface area contributed by atoms with E-state index >= 15 is 0 Å². The first kappa shape index (κ1) is 10.6. The monoisotopic (exact) mass is 217 g/mol. The van der Waals surface area contributed by atoms with Crippen LogP contribution in [0.15, 0.2) is 17.4 Å². The van der Waals surface area contributed by atoms with E-state index in [1.165, 1.54) is 0 Å². The molecule has 0 N–H and O–H groups in total. The molecule has 1 rings (SSSR count). The van der Waals surface area contributed by atoms with E-state index in [1.54, 1.807) is 18.1 Å². The fourth-order valence-electron chi connectivity index (χ4n) is 0.892. The fourth-order valence-corrected chi connectivity index (χ4v) is 1.52. The van der Waals surface area contributed by atoms with Gasteiger partial charge in [0, 0.05) is 25.5 Å². The minimum Gasteiger partial charge on any atom is -0.358 e. The summed E-state index contributed by atoms with van der Waals surface area (Å²) in [6.45, 7) is 0.798. The predicted octanol–water partition coefficient (Wildman–Crippen LogP) is 1.87. The summed E-state index contributed by atoms with van der Waals surface area (Å²) >= 11 is 7.24. The molecule has 3 nitrogen and oxygen atoms in total. The number of thioether (sulfide) groups is 1. The van der Waals surface area contributed by atoms with Crippen molar-refractivity contribution < 1.29 is 0 Å². The molecule has 0 unspecified atom stereocenters. The molecule has 0 aliphatic carbocycles. The molecule has 1 heterocycles. The van der Waals surface area contributed by atoms with Crippen molar-refractivity contribution >= 4 is 29.2 Å². The highest BCUT2D eigenvalue weighted by atomic mass is 35.5. The quantitative estimate of drug-likeness (QED) is 0.438. The maximum absolute atomic E-state index is 5.63. The third-order valence-electron chi connectivity index (χ3n) is 1.65. The number of alkyl halides is 1. The molecule has 0 bridgehead atoms. The molecule has 0 saturated carbocycles. The highest BCUT2D eigenvalue weighted by Crippen LogP contribution is 2.15. The summed E-state index contributed by atoms with van der Waals surface area (Å²) in [7, 11) is 1.97. The van der Waals surface area contributed by atoms with Gasteiger partial charge in [-0.25, -0.2) is 9.97 Å². The summed E-state index contributed by atoms with van der Waals surface area (Å²) in [5.74, 6) is 1.52. The van der Waals surface area contributed by atoms with Crippen LogP contribution in [0, 0.1) is 0 Å². The maximum atomic E-state index is 5.63. The lowest BCUT2D eigenvalue weighted by atomic mass is 10.5. The van der Waals surface area contributed by atoms with Crippen LogP contribution in [0.1, 0.15) is 0 Å². The van der Waals surface area contributed by atoms with Gasteiger partial charge in [0.05, 0.1) is 0 Å². The van der Waals surface area contributed by atoms with E-state index in [9.17, 15) is 0 Å². The van der Waals surface area contributed by atoms with Crippen molar-refractivity contribution in [3.8, 4) is 0 Å². The zero-order chi connectivity index (χ0) is 9.68. The first-order valence-electron chi connectivity index (χ1n) is 3.91. The summed E-state index contributed by atoms with van der Waals surface area (Å²) in [4.78, 5) is 10.2. The van der Waals surface area contributed by atoms with Gasteiger partial charge in [-0.15, -0.1) is 23.4 Å². The summed E-state index contributed by atoms with van der Waals surface area (Å²) in [6.07, 6.45) is 3.57. The van der Waals surface area contributed by atoms with Crippen LogP contribution in [0.25, 0.3) is 0 Å². The highest BCUT2D eigenvalue weighted by Gasteiger charge is 2.02. The Morgan fingerprint density at radius 3 is 2.92 bits per heavy atom. The van der Waals surface area contributed by atoms with Gasteiger partial charge in [0.15, 0.2) is 0 Å². The summed E-state index contributed by atoms with van der Waals surface area (Å²) in [6, 6.07) is 1.96. The maximum Gasteiger partial charge on any atom is 0.132 e. The van der Waals surface area contributed by atoms with E-state index in [-0.39, 0.29) is 0 Å². The number of hydrogen-bond acceptors (Lipinski definition) is 4. The zero-order valence-electron chi connectivity index (χ0n) is 7.70. The molecular weight excluding hydrogens is 206 g/mol. The van der Waals surface area contributed by atoms with Crippen LogP contribution in [0.2, 0.25) is 0 Å². The van der Waals surface area contributed by atoms with Crippen LogP contribution < -0.4 is 4.90 Å². The average molecular weight is 218 g/mol. The molecule has 0 saturated heterocycles. The first-order valence-corrected chi connectivity index (χ1v) is 5.67. The standard InChI is InChI=1S/C8H12ClN3S/c1-12(4-3-9)7-5-8(13-2)11-6-10-7/h5-6H,3-4H2,1-2H3. The van der Waals surface area contributed by atoms with Crippen molar-refractivity contribution in [3.63, 3.8) is 0 Å². The van der Waals surface area contributed by atoms with Crippen molar-refractivity contribution in [3.05, 3.63) is 12.4 Å².